The highest BCUT2D eigenvalue weighted by atomic mass is 32.5. The lowest BCUT2D eigenvalue weighted by atomic mass is 9.81. The smallest absolute Gasteiger partial charge is 0.324 e. The molecule has 0 spiro atoms. The van der Waals surface area contributed by atoms with Crippen LogP contribution >= 0.6 is 6.72 Å². The molecule has 2 unspecified atom stereocenters. The second-order valence-electron chi connectivity index (χ2n) is 6.64. The van der Waals surface area contributed by atoms with Gasteiger partial charge < -0.3 is 29.1 Å². The Bertz CT molecular complexity index is 429. The van der Waals surface area contributed by atoms with Crippen molar-refractivity contribution < 1.29 is 28.6 Å². The molecule has 0 aliphatic carbocycles. The minimum absolute atomic E-state index is 0.228. The van der Waals surface area contributed by atoms with Gasteiger partial charge in [-0.2, -0.15) is 0 Å². The molecule has 0 bridgehead atoms. The van der Waals surface area contributed by atoms with E-state index in [-0.39, 0.29) is 6.61 Å². The number of rotatable bonds is 12. The molecule has 2 atom stereocenters. The van der Waals surface area contributed by atoms with Crippen LogP contribution in [0.1, 0.15) is 40.5 Å². The molecule has 138 valence electrons. The van der Waals surface area contributed by atoms with E-state index in [2.05, 4.69) is 5.32 Å². The fourth-order valence-corrected chi connectivity index (χ4v) is 2.77. The number of nitrogens with one attached hydrogen (secondary N) is 1. The van der Waals surface area contributed by atoms with Crippen molar-refractivity contribution in [1.82, 2.24) is 5.32 Å². The topological polar surface area (TPSA) is 97.3 Å². The standard InChI is InChI=1S/C14H30NO6PS/c1-13(2,11(15-5)12(16)17)7-9-20-14(3,4)8-10-21-22(18,23)19-6/h11,15H,7-10H2,1-6H3,(H,16,17)(H,18,23). The van der Waals surface area contributed by atoms with Crippen LogP contribution in [0.25, 0.3) is 0 Å². The van der Waals surface area contributed by atoms with Crippen LogP contribution in [0.15, 0.2) is 0 Å². The molecule has 0 saturated heterocycles. The van der Waals surface area contributed by atoms with Crippen molar-refractivity contribution in [3.8, 4) is 0 Å². The molecule has 0 saturated carbocycles. The predicted molar refractivity (Wildman–Crippen MR) is 93.0 cm³/mol. The summed E-state index contributed by atoms with van der Waals surface area (Å²) < 4.78 is 15.7. The summed E-state index contributed by atoms with van der Waals surface area (Å²) in [5.74, 6) is -0.876. The molecule has 0 aromatic carbocycles. The summed E-state index contributed by atoms with van der Waals surface area (Å²) in [6, 6.07) is -0.640. The molecule has 0 aromatic rings. The molecule has 0 aliphatic rings. The maximum atomic E-state index is 11.2. The minimum atomic E-state index is -3.14. The van der Waals surface area contributed by atoms with E-state index in [9.17, 15) is 14.8 Å². The van der Waals surface area contributed by atoms with Gasteiger partial charge in [0, 0.05) is 13.7 Å². The number of ether oxygens (including phenoxy) is 1. The van der Waals surface area contributed by atoms with Gasteiger partial charge in [-0.25, -0.2) is 0 Å². The van der Waals surface area contributed by atoms with Crippen molar-refractivity contribution in [2.75, 3.05) is 27.4 Å². The third-order valence-electron chi connectivity index (χ3n) is 3.75. The number of hydrogen-bond acceptors (Lipinski definition) is 6. The molecule has 0 amide bonds. The molecule has 0 heterocycles. The van der Waals surface area contributed by atoms with E-state index in [0.717, 1.165) is 0 Å². The van der Waals surface area contributed by atoms with Crippen LogP contribution in [0.5, 0.6) is 0 Å². The Kier molecular flexibility index (Phi) is 9.38. The molecule has 0 aromatic heterocycles. The van der Waals surface area contributed by atoms with Gasteiger partial charge >= 0.3 is 12.7 Å². The SMILES string of the molecule is CNC(C(=O)O)C(C)(C)CCOC(C)(C)CCOP(O)(=S)OC. The highest BCUT2D eigenvalue weighted by molar-refractivity contribution is 8.07. The molecule has 0 rings (SSSR count). The monoisotopic (exact) mass is 371 g/mol. The van der Waals surface area contributed by atoms with E-state index < -0.39 is 29.7 Å². The van der Waals surface area contributed by atoms with E-state index >= 15 is 0 Å². The summed E-state index contributed by atoms with van der Waals surface area (Å²) >= 11 is 4.75. The van der Waals surface area contributed by atoms with Crippen molar-refractivity contribution in [1.29, 1.82) is 0 Å². The average molecular weight is 371 g/mol. The van der Waals surface area contributed by atoms with E-state index in [0.29, 0.717) is 19.4 Å². The van der Waals surface area contributed by atoms with Crippen LogP contribution in [0, 0.1) is 5.41 Å². The van der Waals surface area contributed by atoms with Crippen LogP contribution in [-0.2, 0) is 30.4 Å². The van der Waals surface area contributed by atoms with Crippen molar-refractivity contribution in [2.24, 2.45) is 5.41 Å². The number of likely N-dealkylation sites (N-methyl/N-ethyl adjacent to an activating group) is 1. The van der Waals surface area contributed by atoms with E-state index in [1.54, 1.807) is 7.05 Å². The lowest BCUT2D eigenvalue weighted by Crippen LogP contribution is -2.46. The molecule has 0 radical (unpaired) electrons. The highest BCUT2D eigenvalue weighted by Gasteiger charge is 2.34. The number of carboxylic acids is 1. The minimum Gasteiger partial charge on any atom is -0.480 e. The van der Waals surface area contributed by atoms with Gasteiger partial charge in [-0.15, -0.1) is 0 Å². The van der Waals surface area contributed by atoms with Gasteiger partial charge in [-0.1, -0.05) is 13.8 Å². The fraction of sp³-hybridized carbons (Fsp3) is 0.929. The Hall–Kier alpha value is -0.0800. The zero-order valence-electron chi connectivity index (χ0n) is 14.8. The Morgan fingerprint density at radius 1 is 1.26 bits per heavy atom. The normalized spacial score (nSPS) is 16.8. The summed E-state index contributed by atoms with van der Waals surface area (Å²) in [4.78, 5) is 20.8. The fourth-order valence-electron chi connectivity index (χ4n) is 2.11. The first-order valence-corrected chi connectivity index (χ1v) is 10.0. The average Bonchev–Trinajstić information content (AvgIpc) is 2.37. The summed E-state index contributed by atoms with van der Waals surface area (Å²) in [5.41, 5.74) is -0.923. The van der Waals surface area contributed by atoms with Gasteiger partial charge in [0.15, 0.2) is 0 Å². The van der Waals surface area contributed by atoms with Crippen molar-refractivity contribution in [3.63, 3.8) is 0 Å². The Morgan fingerprint density at radius 3 is 2.26 bits per heavy atom. The summed E-state index contributed by atoms with van der Waals surface area (Å²) in [6.07, 6.45) is 1.12. The Labute approximate surface area is 144 Å². The van der Waals surface area contributed by atoms with Crippen LogP contribution in [-0.4, -0.2) is 55.0 Å². The van der Waals surface area contributed by atoms with Crippen molar-refractivity contribution >= 4 is 24.5 Å². The largest absolute Gasteiger partial charge is 0.480 e. The summed E-state index contributed by atoms with van der Waals surface area (Å²) in [6.45, 7) is 5.11. The Morgan fingerprint density at radius 2 is 1.83 bits per heavy atom. The molecule has 3 N–H and O–H groups in total. The van der Waals surface area contributed by atoms with E-state index in [4.69, 9.17) is 25.6 Å². The first-order valence-electron chi connectivity index (χ1n) is 7.44. The second kappa shape index (κ2) is 9.42. The van der Waals surface area contributed by atoms with Crippen molar-refractivity contribution in [3.05, 3.63) is 0 Å². The zero-order valence-corrected chi connectivity index (χ0v) is 16.5. The summed E-state index contributed by atoms with van der Waals surface area (Å²) in [7, 11) is 2.95. The van der Waals surface area contributed by atoms with Crippen LogP contribution < -0.4 is 5.32 Å². The highest BCUT2D eigenvalue weighted by Crippen LogP contribution is 2.42. The molecule has 0 fully saturated rings. The predicted octanol–water partition coefficient (Wildman–Crippen LogP) is 2.14. The maximum absolute atomic E-state index is 11.2. The van der Waals surface area contributed by atoms with Crippen molar-refractivity contribution in [2.45, 2.75) is 52.2 Å². The van der Waals surface area contributed by atoms with E-state index in [1.165, 1.54) is 7.11 Å². The number of hydrogen-bond donors (Lipinski definition) is 3. The molecular formula is C14H30NO6PS. The molecule has 9 heteroatoms. The third-order valence-corrected chi connectivity index (χ3v) is 5.48. The van der Waals surface area contributed by atoms with Gasteiger partial charge in [-0.3, -0.25) is 4.79 Å². The molecular weight excluding hydrogens is 341 g/mol. The number of carbonyl (C=O) groups is 1. The molecule has 23 heavy (non-hydrogen) atoms. The molecule has 7 nitrogen and oxygen atoms in total. The van der Waals surface area contributed by atoms with Gasteiger partial charge in [0.05, 0.1) is 12.2 Å². The zero-order chi connectivity index (χ0) is 18.3. The van der Waals surface area contributed by atoms with Crippen LogP contribution in [0.4, 0.5) is 0 Å². The second-order valence-corrected chi connectivity index (χ2v) is 9.59. The number of aliphatic carboxylic acids is 1. The van der Waals surface area contributed by atoms with Gasteiger partial charge in [0.25, 0.3) is 0 Å². The maximum Gasteiger partial charge on any atom is 0.324 e. The van der Waals surface area contributed by atoms with Gasteiger partial charge in [0.1, 0.15) is 6.04 Å². The summed E-state index contributed by atoms with van der Waals surface area (Å²) in [5, 5.41) is 12.0. The van der Waals surface area contributed by atoms with Crippen LogP contribution in [0.2, 0.25) is 0 Å². The Balaban J connectivity index is 4.33. The quantitative estimate of drug-likeness (QED) is 0.449. The number of carboxylic acid groups (broad SMARTS) is 1. The van der Waals surface area contributed by atoms with E-state index in [1.807, 2.05) is 27.7 Å². The van der Waals surface area contributed by atoms with Gasteiger partial charge in [0.2, 0.25) is 0 Å². The third kappa shape index (κ3) is 9.10. The van der Waals surface area contributed by atoms with Crippen LogP contribution in [0.3, 0.4) is 0 Å². The first-order chi connectivity index (χ1) is 10.4. The first kappa shape index (κ1) is 22.9. The lowest BCUT2D eigenvalue weighted by molar-refractivity contribution is -0.143. The van der Waals surface area contributed by atoms with Gasteiger partial charge in [-0.05, 0) is 51.0 Å². The molecule has 0 aliphatic heterocycles. The lowest BCUT2D eigenvalue weighted by Gasteiger charge is -2.33.